The number of hydrogen-bond donors (Lipinski definition) is 4. The van der Waals surface area contributed by atoms with E-state index >= 15 is 0 Å². The molecule has 0 radical (unpaired) electrons. The van der Waals surface area contributed by atoms with Gasteiger partial charge in [-0.05, 0) is 49.9 Å². The maximum absolute atomic E-state index is 12.3. The van der Waals surface area contributed by atoms with Gasteiger partial charge in [0.1, 0.15) is 0 Å². The van der Waals surface area contributed by atoms with E-state index in [0.29, 0.717) is 17.8 Å². The van der Waals surface area contributed by atoms with Gasteiger partial charge >= 0.3 is 6.03 Å². The lowest BCUT2D eigenvalue weighted by atomic mass is 10.1. The Morgan fingerprint density at radius 1 is 1.12 bits per heavy atom. The Morgan fingerprint density at radius 3 is 2.50 bits per heavy atom. The topological polar surface area (TPSA) is 99.3 Å². The molecule has 0 heterocycles. The summed E-state index contributed by atoms with van der Waals surface area (Å²) in [5.41, 5.74) is 1.97. The molecule has 4 N–H and O–H groups in total. The van der Waals surface area contributed by atoms with Gasteiger partial charge in [-0.15, -0.1) is 0 Å². The van der Waals surface area contributed by atoms with Crippen LogP contribution in [0.15, 0.2) is 18.2 Å². The normalized spacial score (nSPS) is 13.9. The van der Waals surface area contributed by atoms with Crippen molar-refractivity contribution in [1.29, 1.82) is 0 Å². The largest absolute Gasteiger partial charge is 0.355 e. The summed E-state index contributed by atoms with van der Waals surface area (Å²) in [4.78, 5) is 35.7. The van der Waals surface area contributed by atoms with Gasteiger partial charge < -0.3 is 21.3 Å². The lowest BCUT2D eigenvalue weighted by Crippen LogP contribution is -2.39. The second kappa shape index (κ2) is 9.79. The van der Waals surface area contributed by atoms with Crippen molar-refractivity contribution in [3.8, 4) is 0 Å². The average molecular weight is 360 g/mol. The molecule has 1 aliphatic rings. The summed E-state index contributed by atoms with van der Waals surface area (Å²) in [6.07, 6.45) is 5.25. The number of rotatable bonds is 7. The smallest absolute Gasteiger partial charge is 0.319 e. The first kappa shape index (κ1) is 19.8. The highest BCUT2D eigenvalue weighted by atomic mass is 16.2. The number of hydrogen-bond acceptors (Lipinski definition) is 3. The highest BCUT2D eigenvalue weighted by molar-refractivity contribution is 5.97. The number of urea groups is 1. The predicted octanol–water partition coefficient (Wildman–Crippen LogP) is 2.32. The monoisotopic (exact) mass is 360 g/mol. The van der Waals surface area contributed by atoms with Crippen molar-refractivity contribution in [2.75, 3.05) is 18.4 Å². The number of aryl methyl sites for hydroxylation is 1. The van der Waals surface area contributed by atoms with Gasteiger partial charge in [0.05, 0.1) is 6.54 Å². The highest BCUT2D eigenvalue weighted by Crippen LogP contribution is 2.20. The highest BCUT2D eigenvalue weighted by Gasteiger charge is 2.18. The predicted molar refractivity (Wildman–Crippen MR) is 101 cm³/mol. The van der Waals surface area contributed by atoms with Crippen LogP contribution < -0.4 is 21.3 Å². The fourth-order valence-electron chi connectivity index (χ4n) is 2.94. The third-order valence-electron chi connectivity index (χ3n) is 4.41. The van der Waals surface area contributed by atoms with Crippen LogP contribution in [0.25, 0.3) is 0 Å². The fourth-order valence-corrected chi connectivity index (χ4v) is 2.94. The van der Waals surface area contributed by atoms with E-state index in [1.165, 1.54) is 12.8 Å². The first-order chi connectivity index (χ1) is 12.5. The van der Waals surface area contributed by atoms with Gasteiger partial charge in [0, 0.05) is 23.8 Å². The molecule has 0 saturated heterocycles. The van der Waals surface area contributed by atoms with E-state index in [4.69, 9.17) is 0 Å². The van der Waals surface area contributed by atoms with Crippen molar-refractivity contribution < 1.29 is 14.4 Å². The SMILES string of the molecule is CCCNC(=O)CNC(=O)Nc1ccc(C(=O)NC2CCCC2)cc1C. The van der Waals surface area contributed by atoms with E-state index in [1.807, 2.05) is 13.8 Å². The lowest BCUT2D eigenvalue weighted by Gasteiger charge is -2.14. The van der Waals surface area contributed by atoms with Crippen LogP contribution in [0, 0.1) is 6.92 Å². The molecular formula is C19H28N4O3. The molecule has 1 saturated carbocycles. The average Bonchev–Trinajstić information content (AvgIpc) is 3.12. The zero-order chi connectivity index (χ0) is 18.9. The second-order valence-corrected chi connectivity index (χ2v) is 6.64. The number of carbonyl (C=O) groups excluding carboxylic acids is 3. The van der Waals surface area contributed by atoms with Crippen LogP contribution in [0.5, 0.6) is 0 Å². The van der Waals surface area contributed by atoms with Gasteiger partial charge in [-0.2, -0.15) is 0 Å². The van der Waals surface area contributed by atoms with E-state index in [2.05, 4.69) is 21.3 Å². The first-order valence-electron chi connectivity index (χ1n) is 9.22. The molecule has 0 bridgehead atoms. The summed E-state index contributed by atoms with van der Waals surface area (Å²) in [5, 5.41) is 10.9. The van der Waals surface area contributed by atoms with Crippen molar-refractivity contribution in [2.24, 2.45) is 0 Å². The van der Waals surface area contributed by atoms with Crippen molar-refractivity contribution in [2.45, 2.75) is 52.0 Å². The van der Waals surface area contributed by atoms with E-state index in [1.54, 1.807) is 18.2 Å². The van der Waals surface area contributed by atoms with Gasteiger partial charge in [-0.25, -0.2) is 4.79 Å². The van der Waals surface area contributed by atoms with Crippen LogP contribution in [0.3, 0.4) is 0 Å². The first-order valence-corrected chi connectivity index (χ1v) is 9.22. The molecule has 0 unspecified atom stereocenters. The molecule has 4 amide bonds. The molecule has 1 aliphatic carbocycles. The van der Waals surface area contributed by atoms with Crippen molar-refractivity contribution in [1.82, 2.24) is 16.0 Å². The van der Waals surface area contributed by atoms with Crippen molar-refractivity contribution >= 4 is 23.5 Å². The maximum atomic E-state index is 12.3. The standard InChI is InChI=1S/C19H28N4O3/c1-3-10-20-17(24)12-21-19(26)23-16-9-8-14(11-13(16)2)18(25)22-15-6-4-5-7-15/h8-9,11,15H,3-7,10,12H2,1-2H3,(H,20,24)(H,22,25)(H2,21,23,26). The van der Waals surface area contributed by atoms with Gasteiger partial charge in [0.25, 0.3) is 5.91 Å². The molecule has 0 atom stereocenters. The molecule has 1 fully saturated rings. The molecule has 0 spiro atoms. The van der Waals surface area contributed by atoms with Gasteiger partial charge in [-0.3, -0.25) is 9.59 Å². The number of nitrogens with one attached hydrogen (secondary N) is 4. The van der Waals surface area contributed by atoms with Gasteiger partial charge in [0.15, 0.2) is 0 Å². The quantitative estimate of drug-likeness (QED) is 0.600. The van der Waals surface area contributed by atoms with Gasteiger partial charge in [-0.1, -0.05) is 19.8 Å². The van der Waals surface area contributed by atoms with Crippen LogP contribution in [0.1, 0.15) is 54.9 Å². The summed E-state index contributed by atoms with van der Waals surface area (Å²) in [5.74, 6) is -0.304. The molecule has 142 valence electrons. The fraction of sp³-hybridized carbons (Fsp3) is 0.526. The number of carbonyl (C=O) groups is 3. The molecule has 0 aromatic heterocycles. The minimum absolute atomic E-state index is 0.0766. The third-order valence-corrected chi connectivity index (χ3v) is 4.41. The van der Waals surface area contributed by atoms with Crippen LogP contribution in [0.2, 0.25) is 0 Å². The number of benzene rings is 1. The van der Waals surface area contributed by atoms with Gasteiger partial charge in [0.2, 0.25) is 5.91 Å². The Kier molecular flexibility index (Phi) is 7.44. The Hall–Kier alpha value is -2.57. The van der Waals surface area contributed by atoms with E-state index in [9.17, 15) is 14.4 Å². The molecule has 26 heavy (non-hydrogen) atoms. The van der Waals surface area contributed by atoms with Crippen molar-refractivity contribution in [3.05, 3.63) is 29.3 Å². The van der Waals surface area contributed by atoms with Crippen LogP contribution in [-0.2, 0) is 4.79 Å². The minimum Gasteiger partial charge on any atom is -0.355 e. The molecular weight excluding hydrogens is 332 g/mol. The van der Waals surface area contributed by atoms with Crippen LogP contribution in [-0.4, -0.2) is 37.0 Å². The lowest BCUT2D eigenvalue weighted by molar-refractivity contribution is -0.120. The summed E-state index contributed by atoms with van der Waals surface area (Å²) in [6.45, 7) is 4.30. The molecule has 1 aromatic rings. The molecule has 7 heteroatoms. The van der Waals surface area contributed by atoms with Crippen molar-refractivity contribution in [3.63, 3.8) is 0 Å². The van der Waals surface area contributed by atoms with E-state index < -0.39 is 6.03 Å². The zero-order valence-electron chi connectivity index (χ0n) is 15.5. The third kappa shape index (κ3) is 6.06. The van der Waals surface area contributed by atoms with E-state index in [0.717, 1.165) is 24.8 Å². The molecule has 0 aliphatic heterocycles. The summed E-state index contributed by atoms with van der Waals surface area (Å²) < 4.78 is 0. The Bertz CT molecular complexity index is 654. The molecule has 7 nitrogen and oxygen atoms in total. The Balaban J connectivity index is 1.85. The number of anilines is 1. The summed E-state index contributed by atoms with van der Waals surface area (Å²) in [6, 6.07) is 4.97. The van der Waals surface area contributed by atoms with Crippen LogP contribution in [0.4, 0.5) is 10.5 Å². The Morgan fingerprint density at radius 2 is 1.85 bits per heavy atom. The van der Waals surface area contributed by atoms with E-state index in [-0.39, 0.29) is 24.4 Å². The number of amides is 4. The maximum Gasteiger partial charge on any atom is 0.319 e. The molecule has 1 aromatic carbocycles. The molecule has 2 rings (SSSR count). The summed E-state index contributed by atoms with van der Waals surface area (Å²) in [7, 11) is 0. The second-order valence-electron chi connectivity index (χ2n) is 6.64. The Labute approximate surface area is 154 Å². The zero-order valence-corrected chi connectivity index (χ0v) is 15.5. The van der Waals surface area contributed by atoms with Crippen LogP contribution >= 0.6 is 0 Å². The minimum atomic E-state index is -0.456. The summed E-state index contributed by atoms with van der Waals surface area (Å²) >= 11 is 0.